The maximum atomic E-state index is 15.4. The van der Waals surface area contributed by atoms with Gasteiger partial charge in [-0.25, -0.2) is 4.39 Å². The minimum absolute atomic E-state index is 0.0205. The average Bonchev–Trinajstić information content (AvgIpc) is 2.80. The summed E-state index contributed by atoms with van der Waals surface area (Å²) in [4.78, 5) is 0. The molecule has 2 heteroatoms. The van der Waals surface area contributed by atoms with Crippen molar-refractivity contribution in [3.8, 4) is 5.75 Å². The van der Waals surface area contributed by atoms with E-state index in [1.165, 1.54) is 38.5 Å². The van der Waals surface area contributed by atoms with Crippen molar-refractivity contribution < 1.29 is 9.13 Å². The van der Waals surface area contributed by atoms with Crippen molar-refractivity contribution in [1.29, 1.82) is 0 Å². The zero-order chi connectivity index (χ0) is 21.6. The van der Waals surface area contributed by atoms with Crippen LogP contribution in [0.3, 0.4) is 0 Å². The molecule has 1 nitrogen and oxygen atoms in total. The Morgan fingerprint density at radius 3 is 2.26 bits per heavy atom. The van der Waals surface area contributed by atoms with Gasteiger partial charge in [0.1, 0.15) is 18.2 Å². The topological polar surface area (TPSA) is 9.23 Å². The Morgan fingerprint density at radius 2 is 1.58 bits per heavy atom. The normalized spacial score (nSPS) is 27.3. The van der Waals surface area contributed by atoms with Crippen LogP contribution < -0.4 is 4.74 Å². The van der Waals surface area contributed by atoms with Gasteiger partial charge in [-0.15, -0.1) is 0 Å². The van der Waals surface area contributed by atoms with Crippen molar-refractivity contribution in [1.82, 2.24) is 0 Å². The van der Waals surface area contributed by atoms with E-state index >= 15 is 4.39 Å². The van der Waals surface area contributed by atoms with Crippen molar-refractivity contribution in [3.63, 3.8) is 0 Å². The van der Waals surface area contributed by atoms with Crippen LogP contribution in [-0.2, 0) is 0 Å². The van der Waals surface area contributed by atoms with Crippen molar-refractivity contribution in [2.24, 2.45) is 17.8 Å². The molecule has 0 atom stereocenters. The minimum atomic E-state index is -0.0205. The number of benzene rings is 2. The van der Waals surface area contributed by atoms with Crippen molar-refractivity contribution in [3.05, 3.63) is 66.0 Å². The highest BCUT2D eigenvalue weighted by Gasteiger charge is 2.31. The van der Waals surface area contributed by atoms with Gasteiger partial charge in [0.15, 0.2) is 0 Å². The molecule has 4 rings (SSSR count). The maximum absolute atomic E-state index is 15.4. The summed E-state index contributed by atoms with van der Waals surface area (Å²) in [6.45, 7) is 4.66. The third-order valence-electron chi connectivity index (χ3n) is 7.70. The summed E-state index contributed by atoms with van der Waals surface area (Å²) < 4.78 is 21.1. The Bertz CT molecular complexity index is 912. The summed E-state index contributed by atoms with van der Waals surface area (Å²) in [5.74, 6) is 3.69. The predicted octanol–water partition coefficient (Wildman–Crippen LogP) is 8.59. The highest BCUT2D eigenvalue weighted by Crippen LogP contribution is 2.45. The van der Waals surface area contributed by atoms with Crippen LogP contribution in [0.5, 0.6) is 5.75 Å². The summed E-state index contributed by atoms with van der Waals surface area (Å²) in [7, 11) is 0. The van der Waals surface area contributed by atoms with Gasteiger partial charge in [0.25, 0.3) is 0 Å². The zero-order valence-corrected chi connectivity index (χ0v) is 19.2. The first-order valence-electron chi connectivity index (χ1n) is 12.3. The van der Waals surface area contributed by atoms with Crippen LogP contribution >= 0.6 is 0 Å². The van der Waals surface area contributed by atoms with Gasteiger partial charge in [-0.1, -0.05) is 36.4 Å². The van der Waals surface area contributed by atoms with Crippen LogP contribution in [0, 0.1) is 23.6 Å². The molecule has 0 heterocycles. The molecule has 2 aromatic rings. The van der Waals surface area contributed by atoms with Gasteiger partial charge in [0, 0.05) is 5.39 Å². The molecule has 2 fully saturated rings. The third kappa shape index (κ3) is 5.22. The molecule has 0 unspecified atom stereocenters. The van der Waals surface area contributed by atoms with Crippen molar-refractivity contribution in [2.45, 2.75) is 71.1 Å². The van der Waals surface area contributed by atoms with E-state index < -0.39 is 0 Å². The smallest absolute Gasteiger partial charge is 0.134 e. The molecule has 0 aromatic heterocycles. The maximum Gasteiger partial charge on any atom is 0.134 e. The van der Waals surface area contributed by atoms with Gasteiger partial charge in [0.05, 0.1) is 0 Å². The molecular weight excluding hydrogens is 383 g/mol. The standard InChI is InChI=1S/C29H37FO/c1-3-5-19-31-26-16-18-28-25(20-26)15-17-27(29(28)30)24-13-11-23(12-14-24)22-9-7-21(6-4-2)8-10-22/h3-6,15-18,20-24H,7-14,19H2,1-2H3/b5-3+,6-4+. The molecule has 0 spiro atoms. The molecule has 2 aromatic carbocycles. The molecule has 31 heavy (non-hydrogen) atoms. The number of halogens is 1. The average molecular weight is 421 g/mol. The van der Waals surface area contributed by atoms with Crippen LogP contribution in [0.4, 0.5) is 4.39 Å². The second-order valence-corrected chi connectivity index (χ2v) is 9.54. The molecule has 0 bridgehead atoms. The van der Waals surface area contributed by atoms with Gasteiger partial charge in [-0.05, 0) is 118 Å². The lowest BCUT2D eigenvalue weighted by Crippen LogP contribution is -2.25. The van der Waals surface area contributed by atoms with Gasteiger partial charge < -0.3 is 4.74 Å². The Labute approximate surface area is 187 Å². The quantitative estimate of drug-likeness (QED) is 0.425. The summed E-state index contributed by atoms with van der Waals surface area (Å²) in [6, 6.07) is 9.83. The fraction of sp³-hybridized carbons (Fsp3) is 0.517. The lowest BCUT2D eigenvalue weighted by atomic mass is 9.68. The Kier molecular flexibility index (Phi) is 7.48. The second-order valence-electron chi connectivity index (χ2n) is 9.54. The van der Waals surface area contributed by atoms with E-state index in [-0.39, 0.29) is 5.82 Å². The van der Waals surface area contributed by atoms with E-state index in [0.717, 1.165) is 52.7 Å². The van der Waals surface area contributed by atoms with E-state index in [0.29, 0.717) is 12.5 Å². The number of fused-ring (bicyclic) bond motifs is 1. The van der Waals surface area contributed by atoms with E-state index in [9.17, 15) is 0 Å². The minimum Gasteiger partial charge on any atom is -0.490 e. The molecule has 2 aliphatic carbocycles. The highest BCUT2D eigenvalue weighted by molar-refractivity contribution is 5.85. The Morgan fingerprint density at radius 1 is 0.871 bits per heavy atom. The first-order valence-corrected chi connectivity index (χ1v) is 12.3. The van der Waals surface area contributed by atoms with Gasteiger partial charge in [-0.2, -0.15) is 0 Å². The summed E-state index contributed by atoms with van der Waals surface area (Å²) in [5, 5.41) is 1.64. The van der Waals surface area contributed by atoms with Crippen molar-refractivity contribution in [2.75, 3.05) is 6.61 Å². The Hall–Kier alpha value is -2.09. The summed E-state index contributed by atoms with van der Waals surface area (Å²) in [6.07, 6.45) is 18.8. The fourth-order valence-electron chi connectivity index (χ4n) is 5.92. The first-order chi connectivity index (χ1) is 15.2. The van der Waals surface area contributed by atoms with Crippen LogP contribution in [-0.4, -0.2) is 6.61 Å². The zero-order valence-electron chi connectivity index (χ0n) is 19.2. The number of allylic oxidation sites excluding steroid dienone is 3. The highest BCUT2D eigenvalue weighted by atomic mass is 19.1. The van der Waals surface area contributed by atoms with Crippen LogP contribution in [0.25, 0.3) is 10.8 Å². The molecule has 0 saturated heterocycles. The molecule has 2 aliphatic rings. The van der Waals surface area contributed by atoms with Gasteiger partial charge in [0.2, 0.25) is 0 Å². The van der Waals surface area contributed by atoms with E-state index in [2.05, 4.69) is 25.1 Å². The molecule has 0 N–H and O–H groups in total. The molecule has 0 amide bonds. The van der Waals surface area contributed by atoms with Crippen LogP contribution in [0.1, 0.15) is 76.7 Å². The van der Waals surface area contributed by atoms with Crippen LogP contribution in [0.15, 0.2) is 54.6 Å². The molecule has 166 valence electrons. The molecule has 2 saturated carbocycles. The SMILES string of the molecule is C/C=C/COc1ccc2c(F)c(C3CCC(C4CCC(/C=C/C)CC4)CC3)ccc2c1. The molecule has 0 radical (unpaired) electrons. The fourth-order valence-corrected chi connectivity index (χ4v) is 5.92. The Balaban J connectivity index is 1.38. The van der Waals surface area contributed by atoms with Gasteiger partial charge in [-0.3, -0.25) is 0 Å². The number of rotatable bonds is 6. The lowest BCUT2D eigenvalue weighted by molar-refractivity contribution is 0.171. The monoisotopic (exact) mass is 420 g/mol. The van der Waals surface area contributed by atoms with Gasteiger partial charge >= 0.3 is 0 Å². The molecule has 0 aliphatic heterocycles. The third-order valence-corrected chi connectivity index (χ3v) is 7.70. The summed E-state index contributed by atoms with van der Waals surface area (Å²) >= 11 is 0. The lowest BCUT2D eigenvalue weighted by Gasteiger charge is -2.37. The van der Waals surface area contributed by atoms with Crippen molar-refractivity contribution >= 4 is 10.8 Å². The molecular formula is C29H37FO. The van der Waals surface area contributed by atoms with E-state index in [1.54, 1.807) is 0 Å². The second kappa shape index (κ2) is 10.5. The first kappa shape index (κ1) is 22.1. The number of hydrogen-bond acceptors (Lipinski definition) is 1. The van der Waals surface area contributed by atoms with E-state index in [1.807, 2.05) is 43.3 Å². The number of ether oxygens (including phenoxy) is 1. The largest absolute Gasteiger partial charge is 0.490 e. The van der Waals surface area contributed by atoms with Crippen LogP contribution in [0.2, 0.25) is 0 Å². The predicted molar refractivity (Wildman–Crippen MR) is 129 cm³/mol. The summed E-state index contributed by atoms with van der Waals surface area (Å²) in [5.41, 5.74) is 0.922. The van der Waals surface area contributed by atoms with E-state index in [4.69, 9.17) is 4.74 Å². The number of hydrogen-bond donors (Lipinski definition) is 0.